The molecule has 0 saturated carbocycles. The van der Waals surface area contributed by atoms with Crippen LogP contribution in [-0.4, -0.2) is 4.57 Å². The molecule has 11 rings (SSSR count). The molecule has 0 fully saturated rings. The van der Waals surface area contributed by atoms with E-state index in [1.54, 1.807) is 0 Å². The van der Waals surface area contributed by atoms with Gasteiger partial charge in [0.1, 0.15) is 0 Å². The zero-order valence-corrected chi connectivity index (χ0v) is 29.5. The molecule has 0 bridgehead atoms. The van der Waals surface area contributed by atoms with Gasteiger partial charge in [0.15, 0.2) is 0 Å². The highest BCUT2D eigenvalue weighted by Gasteiger charge is 2.25. The minimum atomic E-state index is 1.07. The third-order valence-corrected chi connectivity index (χ3v) is 11.1. The van der Waals surface area contributed by atoms with E-state index in [1.807, 2.05) is 0 Å². The number of fused-ring (bicyclic) bond motifs is 9. The molecule has 1 aliphatic rings. The number of rotatable bonds is 5. The monoisotopic (exact) mass is 686 g/mol. The van der Waals surface area contributed by atoms with Crippen LogP contribution in [0.5, 0.6) is 0 Å². The number of nitrogens with one attached hydrogen (secondary N) is 1. The van der Waals surface area contributed by atoms with Crippen LogP contribution in [0.25, 0.3) is 93.9 Å². The molecule has 10 aromatic rings. The number of hydrogen-bond donors (Lipinski definition) is 1. The second kappa shape index (κ2) is 12.2. The number of nitrogens with zero attached hydrogens (tertiary/aromatic N) is 1. The molecule has 0 atom stereocenters. The lowest BCUT2D eigenvalue weighted by Gasteiger charge is -2.15. The molecule has 0 aliphatic carbocycles. The van der Waals surface area contributed by atoms with E-state index in [4.69, 9.17) is 0 Å². The second-order valence-electron chi connectivity index (χ2n) is 14.2. The van der Waals surface area contributed by atoms with E-state index >= 15 is 0 Å². The Morgan fingerprint density at radius 2 is 1.00 bits per heavy atom. The number of benzene rings is 9. The summed E-state index contributed by atoms with van der Waals surface area (Å²) in [6.07, 6.45) is 0. The van der Waals surface area contributed by atoms with E-state index in [0.29, 0.717) is 0 Å². The minimum absolute atomic E-state index is 1.07. The van der Waals surface area contributed by atoms with Gasteiger partial charge < -0.3 is 9.88 Å². The van der Waals surface area contributed by atoms with E-state index < -0.39 is 0 Å². The van der Waals surface area contributed by atoms with E-state index in [9.17, 15) is 0 Å². The van der Waals surface area contributed by atoms with Crippen LogP contribution in [0.3, 0.4) is 0 Å². The van der Waals surface area contributed by atoms with Gasteiger partial charge in [-0.05, 0) is 104 Å². The maximum atomic E-state index is 3.73. The average Bonchev–Trinajstić information content (AvgIpc) is 3.51. The maximum absolute atomic E-state index is 3.73. The summed E-state index contributed by atoms with van der Waals surface area (Å²) in [6, 6.07) is 73.0. The molecule has 0 radical (unpaired) electrons. The van der Waals surface area contributed by atoms with Crippen LogP contribution in [0.1, 0.15) is 0 Å². The lowest BCUT2D eigenvalue weighted by Crippen LogP contribution is -1.96. The molecule has 0 saturated heterocycles. The third-order valence-electron chi connectivity index (χ3n) is 11.1. The largest absolute Gasteiger partial charge is 0.355 e. The summed E-state index contributed by atoms with van der Waals surface area (Å²) in [5, 5.41) is 8.71. The highest BCUT2D eigenvalue weighted by molar-refractivity contribution is 6.18. The van der Waals surface area contributed by atoms with Gasteiger partial charge in [0.25, 0.3) is 0 Å². The summed E-state index contributed by atoms with van der Waals surface area (Å²) in [7, 11) is 0. The van der Waals surface area contributed by atoms with E-state index in [0.717, 1.165) is 11.4 Å². The molecule has 2 nitrogen and oxygen atoms in total. The summed E-state index contributed by atoms with van der Waals surface area (Å²) in [5.74, 6) is 0. The smallest absolute Gasteiger partial charge is 0.0620 e. The number of para-hydroxylation sites is 2. The summed E-state index contributed by atoms with van der Waals surface area (Å²) in [5.41, 5.74) is 18.0. The Balaban J connectivity index is 1.09. The van der Waals surface area contributed by atoms with E-state index in [-0.39, 0.29) is 0 Å². The minimum Gasteiger partial charge on any atom is -0.355 e. The van der Waals surface area contributed by atoms with Crippen molar-refractivity contribution in [1.82, 2.24) is 4.57 Å². The molecule has 252 valence electrons. The zero-order valence-electron chi connectivity index (χ0n) is 29.5. The first-order valence-electron chi connectivity index (χ1n) is 18.6. The van der Waals surface area contributed by atoms with Crippen molar-refractivity contribution in [2.45, 2.75) is 0 Å². The van der Waals surface area contributed by atoms with Crippen molar-refractivity contribution < 1.29 is 0 Å². The van der Waals surface area contributed by atoms with Gasteiger partial charge in [-0.3, -0.25) is 0 Å². The second-order valence-corrected chi connectivity index (χ2v) is 14.2. The standard InChI is InChI=1S/C52H34N2/c1-2-13-34(14-3-1)38-26-28-51-46(31-38)43-20-6-7-21-44(43)47-32-40(33-48-45-22-9-11-24-50(45)54(51)52(47)48)36-17-12-18-39(29-36)42-19-8-10-23-49(42)53-41-27-25-35-15-4-5-16-37(35)30-41/h1-33,53H. The molecule has 1 N–H and O–H groups in total. The Morgan fingerprint density at radius 3 is 1.89 bits per heavy atom. The van der Waals surface area contributed by atoms with Crippen molar-refractivity contribution in [3.63, 3.8) is 0 Å². The molecule has 1 aromatic heterocycles. The van der Waals surface area contributed by atoms with Crippen LogP contribution in [0.15, 0.2) is 200 Å². The topological polar surface area (TPSA) is 17.0 Å². The Morgan fingerprint density at radius 1 is 0.333 bits per heavy atom. The SMILES string of the molecule is c1ccc(-c2ccc3c(c2)-c2ccccc2-c2cc(-c4cccc(-c5ccccc5Nc5ccc6ccccc6c5)c4)cc4c5ccccc5n-3c24)cc1. The highest BCUT2D eigenvalue weighted by atomic mass is 15.0. The molecular formula is C52H34N2. The van der Waals surface area contributed by atoms with Crippen LogP contribution in [0.4, 0.5) is 11.4 Å². The predicted octanol–water partition coefficient (Wildman–Crippen LogP) is 14.3. The average molecular weight is 687 g/mol. The molecule has 2 heterocycles. The summed E-state index contributed by atoms with van der Waals surface area (Å²) in [4.78, 5) is 0. The first-order valence-corrected chi connectivity index (χ1v) is 18.6. The summed E-state index contributed by atoms with van der Waals surface area (Å²) >= 11 is 0. The molecule has 9 aromatic carbocycles. The summed E-state index contributed by atoms with van der Waals surface area (Å²) in [6.45, 7) is 0. The predicted molar refractivity (Wildman–Crippen MR) is 229 cm³/mol. The molecular weight excluding hydrogens is 653 g/mol. The highest BCUT2D eigenvalue weighted by Crippen LogP contribution is 2.49. The fourth-order valence-corrected chi connectivity index (χ4v) is 8.56. The quantitative estimate of drug-likeness (QED) is 0.191. The molecule has 0 unspecified atom stereocenters. The van der Waals surface area contributed by atoms with Crippen LogP contribution in [0, 0.1) is 0 Å². The molecule has 1 aliphatic heterocycles. The van der Waals surface area contributed by atoms with Gasteiger partial charge in [0.05, 0.1) is 16.7 Å². The Hall–Kier alpha value is -7.16. The number of aromatic nitrogens is 1. The van der Waals surface area contributed by atoms with Gasteiger partial charge in [-0.2, -0.15) is 0 Å². The van der Waals surface area contributed by atoms with Crippen molar-refractivity contribution in [3.8, 4) is 61.3 Å². The third kappa shape index (κ3) is 4.88. The van der Waals surface area contributed by atoms with Crippen molar-refractivity contribution in [1.29, 1.82) is 0 Å². The van der Waals surface area contributed by atoms with Crippen LogP contribution < -0.4 is 5.32 Å². The lowest BCUT2D eigenvalue weighted by molar-refractivity contribution is 1.19. The Labute approximate surface area is 314 Å². The van der Waals surface area contributed by atoms with Crippen LogP contribution in [0.2, 0.25) is 0 Å². The van der Waals surface area contributed by atoms with E-state index in [2.05, 4.69) is 210 Å². The van der Waals surface area contributed by atoms with Crippen molar-refractivity contribution in [2.24, 2.45) is 0 Å². The van der Waals surface area contributed by atoms with Crippen LogP contribution >= 0.6 is 0 Å². The zero-order chi connectivity index (χ0) is 35.6. The first-order chi connectivity index (χ1) is 26.8. The van der Waals surface area contributed by atoms with E-state index in [1.165, 1.54) is 93.9 Å². The molecule has 2 heteroatoms. The van der Waals surface area contributed by atoms with Gasteiger partial charge in [-0.25, -0.2) is 0 Å². The number of anilines is 2. The van der Waals surface area contributed by atoms with Gasteiger partial charge >= 0.3 is 0 Å². The van der Waals surface area contributed by atoms with Crippen molar-refractivity contribution in [2.75, 3.05) is 5.32 Å². The fourth-order valence-electron chi connectivity index (χ4n) is 8.56. The fraction of sp³-hybridized carbons (Fsp3) is 0. The molecule has 0 amide bonds. The van der Waals surface area contributed by atoms with Gasteiger partial charge in [0, 0.05) is 38.8 Å². The van der Waals surface area contributed by atoms with Gasteiger partial charge in [-0.15, -0.1) is 0 Å². The first kappa shape index (κ1) is 30.5. The number of hydrogen-bond acceptors (Lipinski definition) is 1. The van der Waals surface area contributed by atoms with Crippen LogP contribution in [-0.2, 0) is 0 Å². The van der Waals surface area contributed by atoms with Gasteiger partial charge in [-0.1, -0.05) is 146 Å². The molecule has 0 spiro atoms. The van der Waals surface area contributed by atoms with Crippen molar-refractivity contribution in [3.05, 3.63) is 200 Å². The van der Waals surface area contributed by atoms with Gasteiger partial charge in [0.2, 0.25) is 0 Å². The maximum Gasteiger partial charge on any atom is 0.0620 e. The summed E-state index contributed by atoms with van der Waals surface area (Å²) < 4.78 is 2.50. The normalized spacial score (nSPS) is 11.7. The Kier molecular flexibility index (Phi) is 6.90. The van der Waals surface area contributed by atoms with Crippen molar-refractivity contribution >= 4 is 44.0 Å². The molecule has 54 heavy (non-hydrogen) atoms. The Bertz CT molecular complexity index is 3080. The lowest BCUT2D eigenvalue weighted by atomic mass is 9.89.